The van der Waals surface area contributed by atoms with Gasteiger partial charge in [0.25, 0.3) is 0 Å². The van der Waals surface area contributed by atoms with E-state index in [0.29, 0.717) is 40.3 Å². The van der Waals surface area contributed by atoms with E-state index in [1.54, 1.807) is 18.2 Å². The van der Waals surface area contributed by atoms with Gasteiger partial charge in [0, 0.05) is 29.1 Å². The van der Waals surface area contributed by atoms with Gasteiger partial charge in [-0.15, -0.1) is 0 Å². The van der Waals surface area contributed by atoms with Crippen LogP contribution in [0.25, 0.3) is 22.3 Å². The number of hydrogen-bond donors (Lipinski definition) is 4. The van der Waals surface area contributed by atoms with Gasteiger partial charge in [0.15, 0.2) is 11.7 Å². The normalized spacial score (nSPS) is 11.4. The van der Waals surface area contributed by atoms with Crippen LogP contribution in [0.3, 0.4) is 0 Å². The number of fused-ring (bicyclic) bond motifs is 1. The summed E-state index contributed by atoms with van der Waals surface area (Å²) in [5.41, 5.74) is 6.40. The number of para-hydroxylation sites is 1. The van der Waals surface area contributed by atoms with Crippen LogP contribution in [0, 0.1) is 0 Å². The summed E-state index contributed by atoms with van der Waals surface area (Å²) < 4.78 is 0. The van der Waals surface area contributed by atoms with E-state index in [9.17, 15) is 9.90 Å². The van der Waals surface area contributed by atoms with E-state index in [4.69, 9.17) is 28.9 Å². The lowest BCUT2D eigenvalue weighted by Gasteiger charge is -2.12. The number of aliphatic hydroxyl groups excluding tert-OH is 1. The van der Waals surface area contributed by atoms with Crippen molar-refractivity contribution in [3.05, 3.63) is 64.5 Å². The van der Waals surface area contributed by atoms with Gasteiger partial charge in [0.2, 0.25) is 5.91 Å². The number of rotatable bonds is 7. The van der Waals surface area contributed by atoms with Crippen LogP contribution in [0.1, 0.15) is 0 Å². The summed E-state index contributed by atoms with van der Waals surface area (Å²) in [5.74, 6) is 0.0544. The first-order valence-corrected chi connectivity index (χ1v) is 9.09. The Morgan fingerprint density at radius 2 is 1.93 bits per heavy atom. The Balaban J connectivity index is 1.86. The van der Waals surface area contributed by atoms with E-state index < -0.39 is 5.91 Å². The average molecular weight is 418 g/mol. The number of halogens is 2. The van der Waals surface area contributed by atoms with E-state index >= 15 is 0 Å². The molecule has 2 aromatic carbocycles. The van der Waals surface area contributed by atoms with Crippen molar-refractivity contribution >= 4 is 45.8 Å². The number of primary amides is 1. The molecule has 0 saturated heterocycles. The molecule has 9 heteroatoms. The molecular weight excluding hydrogens is 401 g/mol. The summed E-state index contributed by atoms with van der Waals surface area (Å²) >= 11 is 12.3. The fourth-order valence-corrected chi connectivity index (χ4v) is 3.05. The third kappa shape index (κ3) is 4.82. The van der Waals surface area contributed by atoms with Gasteiger partial charge in [-0.1, -0.05) is 35.3 Å². The van der Waals surface area contributed by atoms with Crippen LogP contribution >= 0.6 is 23.2 Å². The molecule has 0 bridgehead atoms. The fourth-order valence-electron chi connectivity index (χ4n) is 2.56. The van der Waals surface area contributed by atoms with Crippen LogP contribution in [0.2, 0.25) is 10.0 Å². The number of anilines is 1. The zero-order chi connectivity index (χ0) is 20.1. The molecule has 0 aliphatic heterocycles. The molecule has 0 fully saturated rings. The molecule has 7 nitrogen and oxygen atoms in total. The molecular formula is C19H17Cl2N5O2. The van der Waals surface area contributed by atoms with Gasteiger partial charge < -0.3 is 21.5 Å². The van der Waals surface area contributed by atoms with Gasteiger partial charge in [-0.25, -0.2) is 9.97 Å². The highest BCUT2D eigenvalue weighted by Gasteiger charge is 2.12. The Hall–Kier alpha value is -3.03. The summed E-state index contributed by atoms with van der Waals surface area (Å²) in [6.45, 7) is 0.760. The second-order valence-corrected chi connectivity index (χ2v) is 6.67. The molecule has 1 amide bonds. The van der Waals surface area contributed by atoms with Crippen molar-refractivity contribution in [2.24, 2.45) is 5.73 Å². The minimum atomic E-state index is -0.732. The summed E-state index contributed by atoms with van der Waals surface area (Å²) in [7, 11) is 0. The number of nitrogens with two attached hydrogens (primary N) is 1. The maximum Gasteiger partial charge on any atom is 0.246 e. The Bertz CT molecular complexity index is 1060. The largest absolute Gasteiger partial charge is 0.495 e. The number of carbonyl (C=O) groups is 1. The SMILES string of the molecule is NC(=O)/C=C(\O)NCCNc1nc(-c2ccc(Cl)cc2Cl)nc2ccccc12. The highest BCUT2D eigenvalue weighted by molar-refractivity contribution is 6.36. The number of amides is 1. The lowest BCUT2D eigenvalue weighted by molar-refractivity contribution is -0.113. The van der Waals surface area contributed by atoms with Crippen molar-refractivity contribution in [2.75, 3.05) is 18.4 Å². The standard InChI is InChI=1S/C19H17Cl2N5O2/c20-11-5-6-12(14(21)9-11)19-25-15-4-2-1-3-13(15)18(26-19)24-8-7-23-17(28)10-16(22)27/h1-6,9-10,23,28H,7-8H2,(H2,22,27)(H,24,25,26)/b17-10-. The number of aromatic nitrogens is 2. The second kappa shape index (κ2) is 8.77. The topological polar surface area (TPSA) is 113 Å². The van der Waals surface area contributed by atoms with Crippen LogP contribution in [0.4, 0.5) is 5.82 Å². The maximum absolute atomic E-state index is 10.7. The molecule has 0 aliphatic carbocycles. The quantitative estimate of drug-likeness (QED) is 0.265. The fraction of sp³-hybridized carbons (Fsp3) is 0.105. The minimum Gasteiger partial charge on any atom is -0.495 e. The molecule has 0 radical (unpaired) electrons. The van der Waals surface area contributed by atoms with Crippen molar-refractivity contribution in [1.82, 2.24) is 15.3 Å². The lowest BCUT2D eigenvalue weighted by atomic mass is 10.2. The second-order valence-electron chi connectivity index (χ2n) is 5.82. The highest BCUT2D eigenvalue weighted by Crippen LogP contribution is 2.31. The van der Waals surface area contributed by atoms with E-state index in [2.05, 4.69) is 20.6 Å². The Labute approximate surface area is 171 Å². The third-order valence-electron chi connectivity index (χ3n) is 3.78. The van der Waals surface area contributed by atoms with Crippen LogP contribution in [-0.2, 0) is 4.79 Å². The molecule has 144 valence electrons. The maximum atomic E-state index is 10.7. The smallest absolute Gasteiger partial charge is 0.246 e. The molecule has 5 N–H and O–H groups in total. The molecule has 1 heterocycles. The van der Waals surface area contributed by atoms with Gasteiger partial charge in [-0.3, -0.25) is 4.79 Å². The summed E-state index contributed by atoms with van der Waals surface area (Å²) in [6.07, 6.45) is 0.903. The van der Waals surface area contributed by atoms with Crippen LogP contribution in [0.5, 0.6) is 0 Å². The van der Waals surface area contributed by atoms with E-state index in [1.165, 1.54) is 0 Å². The number of benzene rings is 2. The molecule has 28 heavy (non-hydrogen) atoms. The van der Waals surface area contributed by atoms with Crippen LogP contribution in [0.15, 0.2) is 54.4 Å². The van der Waals surface area contributed by atoms with Crippen molar-refractivity contribution in [3.63, 3.8) is 0 Å². The number of aliphatic hydroxyl groups is 1. The zero-order valence-electron chi connectivity index (χ0n) is 14.6. The molecule has 0 saturated carbocycles. The van der Waals surface area contributed by atoms with Crippen molar-refractivity contribution < 1.29 is 9.90 Å². The molecule has 0 aliphatic rings. The monoisotopic (exact) mass is 417 g/mol. The lowest BCUT2D eigenvalue weighted by Crippen LogP contribution is -2.23. The molecule has 3 aromatic rings. The number of nitrogens with zero attached hydrogens (tertiary/aromatic N) is 2. The van der Waals surface area contributed by atoms with Crippen molar-refractivity contribution in [1.29, 1.82) is 0 Å². The number of nitrogens with one attached hydrogen (secondary N) is 2. The van der Waals surface area contributed by atoms with E-state index in [-0.39, 0.29) is 5.88 Å². The predicted molar refractivity (Wildman–Crippen MR) is 111 cm³/mol. The first-order valence-electron chi connectivity index (χ1n) is 8.34. The highest BCUT2D eigenvalue weighted by atomic mass is 35.5. The van der Waals surface area contributed by atoms with Gasteiger partial charge in [0.1, 0.15) is 5.82 Å². The van der Waals surface area contributed by atoms with Gasteiger partial charge in [-0.05, 0) is 30.3 Å². The van der Waals surface area contributed by atoms with Gasteiger partial charge in [0.05, 0.1) is 16.6 Å². The van der Waals surface area contributed by atoms with E-state index in [0.717, 1.165) is 17.0 Å². The first-order chi connectivity index (χ1) is 13.4. The Morgan fingerprint density at radius 3 is 2.68 bits per heavy atom. The summed E-state index contributed by atoms with van der Waals surface area (Å²) in [6, 6.07) is 12.7. The minimum absolute atomic E-state index is 0.296. The van der Waals surface area contributed by atoms with Crippen molar-refractivity contribution in [3.8, 4) is 11.4 Å². The van der Waals surface area contributed by atoms with Crippen LogP contribution in [-0.4, -0.2) is 34.1 Å². The average Bonchev–Trinajstić information content (AvgIpc) is 2.64. The third-order valence-corrected chi connectivity index (χ3v) is 4.33. The van der Waals surface area contributed by atoms with E-state index in [1.807, 2.05) is 24.3 Å². The molecule has 3 rings (SSSR count). The Kier molecular flexibility index (Phi) is 6.18. The molecule has 0 spiro atoms. The van der Waals surface area contributed by atoms with Crippen LogP contribution < -0.4 is 16.4 Å². The molecule has 0 atom stereocenters. The summed E-state index contributed by atoms with van der Waals surface area (Å²) in [5, 5.41) is 17.2. The van der Waals surface area contributed by atoms with Gasteiger partial charge in [-0.2, -0.15) is 0 Å². The zero-order valence-corrected chi connectivity index (χ0v) is 16.1. The summed E-state index contributed by atoms with van der Waals surface area (Å²) in [4.78, 5) is 19.9. The predicted octanol–water partition coefficient (Wildman–Crippen LogP) is 3.49. The number of carbonyl (C=O) groups excluding carboxylic acids is 1. The molecule has 1 aromatic heterocycles. The number of hydrogen-bond acceptors (Lipinski definition) is 6. The van der Waals surface area contributed by atoms with Gasteiger partial charge >= 0.3 is 0 Å². The Morgan fingerprint density at radius 1 is 1.14 bits per heavy atom. The molecule has 0 unspecified atom stereocenters. The van der Waals surface area contributed by atoms with Crippen molar-refractivity contribution in [2.45, 2.75) is 0 Å². The first kappa shape index (κ1) is 19.7.